The van der Waals surface area contributed by atoms with Crippen molar-refractivity contribution in [2.45, 2.75) is 33.1 Å². The Morgan fingerprint density at radius 1 is 1.03 bits per heavy atom. The molecule has 0 fully saturated rings. The molecule has 0 atom stereocenters. The number of esters is 1. The molecule has 152 valence electrons. The molecule has 0 saturated heterocycles. The van der Waals surface area contributed by atoms with Crippen molar-refractivity contribution in [3.63, 3.8) is 0 Å². The van der Waals surface area contributed by atoms with Crippen molar-refractivity contribution in [3.05, 3.63) is 77.4 Å². The highest BCUT2D eigenvalue weighted by atomic mass is 16.5. The van der Waals surface area contributed by atoms with Gasteiger partial charge >= 0.3 is 5.97 Å². The number of aryl methyl sites for hydroxylation is 2. The first-order chi connectivity index (χ1) is 14.5. The van der Waals surface area contributed by atoms with Crippen molar-refractivity contribution in [2.24, 2.45) is 0 Å². The van der Waals surface area contributed by atoms with Crippen molar-refractivity contribution in [1.82, 2.24) is 15.0 Å². The molecular weight excluding hydrogens is 378 g/mol. The zero-order valence-electron chi connectivity index (χ0n) is 17.0. The fraction of sp³-hybridized carbons (Fsp3) is 0.208. The molecule has 1 N–H and O–H groups in total. The third kappa shape index (κ3) is 4.03. The minimum Gasteiger partial charge on any atom is -0.505 e. The Balaban J connectivity index is 1.65. The lowest BCUT2D eigenvalue weighted by atomic mass is 10.0. The van der Waals surface area contributed by atoms with Gasteiger partial charge in [-0.05, 0) is 61.2 Å². The number of aromatic hydroxyl groups is 1. The first-order valence-electron chi connectivity index (χ1n) is 10.0. The van der Waals surface area contributed by atoms with Crippen molar-refractivity contribution < 1.29 is 14.6 Å². The molecule has 1 aromatic heterocycles. The van der Waals surface area contributed by atoms with Crippen LogP contribution < -0.4 is 4.74 Å². The molecule has 3 aromatic carbocycles. The van der Waals surface area contributed by atoms with Gasteiger partial charge in [-0.2, -0.15) is 0 Å². The van der Waals surface area contributed by atoms with Gasteiger partial charge in [0.05, 0.1) is 5.56 Å². The summed E-state index contributed by atoms with van der Waals surface area (Å²) in [6.07, 6.45) is 2.86. The summed E-state index contributed by atoms with van der Waals surface area (Å²) in [6.45, 7) is 4.11. The number of rotatable bonds is 6. The summed E-state index contributed by atoms with van der Waals surface area (Å²) in [5.74, 6) is 0.157. The Morgan fingerprint density at radius 3 is 2.57 bits per heavy atom. The molecule has 0 aliphatic heterocycles. The number of ether oxygens (including phenoxy) is 1. The van der Waals surface area contributed by atoms with E-state index in [-0.39, 0.29) is 5.75 Å². The van der Waals surface area contributed by atoms with Gasteiger partial charge < -0.3 is 9.84 Å². The van der Waals surface area contributed by atoms with Crippen LogP contribution in [0.3, 0.4) is 0 Å². The molecule has 4 aromatic rings. The Labute approximate surface area is 174 Å². The van der Waals surface area contributed by atoms with Crippen LogP contribution in [0.4, 0.5) is 0 Å². The molecule has 0 unspecified atom stereocenters. The predicted molar refractivity (Wildman–Crippen MR) is 115 cm³/mol. The number of fused-ring (bicyclic) bond motifs is 1. The van der Waals surface area contributed by atoms with E-state index < -0.39 is 5.97 Å². The van der Waals surface area contributed by atoms with E-state index in [4.69, 9.17) is 4.74 Å². The topological polar surface area (TPSA) is 77.2 Å². The second kappa shape index (κ2) is 8.37. The van der Waals surface area contributed by atoms with Crippen molar-refractivity contribution in [2.75, 3.05) is 0 Å². The molecule has 0 aliphatic carbocycles. The number of nitrogens with zero attached hydrogens (tertiary/aromatic N) is 3. The summed E-state index contributed by atoms with van der Waals surface area (Å²) in [5, 5.41) is 19.7. The number of carbonyl (C=O) groups excluding carboxylic acids is 1. The zero-order chi connectivity index (χ0) is 21.1. The van der Waals surface area contributed by atoms with Gasteiger partial charge in [0.2, 0.25) is 0 Å². The maximum Gasteiger partial charge on any atom is 0.343 e. The van der Waals surface area contributed by atoms with E-state index in [1.54, 1.807) is 42.5 Å². The molecule has 0 spiro atoms. The maximum atomic E-state index is 12.3. The molecule has 1 heterocycles. The van der Waals surface area contributed by atoms with Crippen molar-refractivity contribution >= 4 is 17.0 Å². The van der Waals surface area contributed by atoms with Crippen LogP contribution in [0.25, 0.3) is 16.7 Å². The molecule has 0 radical (unpaired) electrons. The zero-order valence-corrected chi connectivity index (χ0v) is 17.0. The van der Waals surface area contributed by atoms with E-state index in [1.807, 2.05) is 25.1 Å². The molecular formula is C24H23N3O3. The average Bonchev–Trinajstić information content (AvgIpc) is 3.18. The van der Waals surface area contributed by atoms with E-state index in [0.717, 1.165) is 30.4 Å². The molecule has 0 amide bonds. The second-order valence-corrected chi connectivity index (χ2v) is 7.29. The van der Waals surface area contributed by atoms with Gasteiger partial charge in [0, 0.05) is 6.07 Å². The van der Waals surface area contributed by atoms with Crippen LogP contribution in [-0.2, 0) is 6.42 Å². The Kier molecular flexibility index (Phi) is 5.48. The lowest BCUT2D eigenvalue weighted by molar-refractivity contribution is 0.0735. The van der Waals surface area contributed by atoms with Crippen LogP contribution in [0.1, 0.15) is 41.3 Å². The van der Waals surface area contributed by atoms with Crippen LogP contribution in [0.15, 0.2) is 60.7 Å². The predicted octanol–water partition coefficient (Wildman–Crippen LogP) is 5.00. The molecule has 6 nitrogen and oxygen atoms in total. The van der Waals surface area contributed by atoms with E-state index in [9.17, 15) is 9.90 Å². The first-order valence-corrected chi connectivity index (χ1v) is 10.0. The fourth-order valence-electron chi connectivity index (χ4n) is 3.35. The number of phenols is 1. The first kappa shape index (κ1) is 19.6. The molecule has 30 heavy (non-hydrogen) atoms. The SMILES string of the molecule is CCCCc1cc(C)cc(-n2nc3ccc(OC(=O)c4ccccc4)cc3n2)c1O. The summed E-state index contributed by atoms with van der Waals surface area (Å²) in [7, 11) is 0. The molecule has 0 saturated carbocycles. The normalized spacial score (nSPS) is 11.0. The Bertz CT molecular complexity index is 1200. The van der Waals surface area contributed by atoms with Crippen molar-refractivity contribution in [3.8, 4) is 17.2 Å². The Morgan fingerprint density at radius 2 is 1.80 bits per heavy atom. The number of aromatic nitrogens is 3. The number of carbonyl (C=O) groups is 1. The summed E-state index contributed by atoms with van der Waals surface area (Å²) in [4.78, 5) is 13.7. The van der Waals surface area contributed by atoms with Gasteiger partial charge in [-0.15, -0.1) is 15.0 Å². The average molecular weight is 401 g/mol. The quantitative estimate of drug-likeness (QED) is 0.364. The largest absolute Gasteiger partial charge is 0.505 e. The van der Waals surface area contributed by atoms with Gasteiger partial charge in [-0.25, -0.2) is 4.79 Å². The van der Waals surface area contributed by atoms with Gasteiger partial charge in [-0.1, -0.05) is 37.6 Å². The maximum absolute atomic E-state index is 12.3. The van der Waals surface area contributed by atoms with Crippen LogP contribution >= 0.6 is 0 Å². The number of benzene rings is 3. The van der Waals surface area contributed by atoms with E-state index in [1.165, 1.54) is 4.80 Å². The minimum absolute atomic E-state index is 0.199. The lowest BCUT2D eigenvalue weighted by Crippen LogP contribution is -2.07. The third-order valence-corrected chi connectivity index (χ3v) is 4.90. The third-order valence-electron chi connectivity index (χ3n) is 4.90. The number of unbranched alkanes of at least 4 members (excludes halogenated alkanes) is 1. The second-order valence-electron chi connectivity index (χ2n) is 7.29. The number of hydrogen-bond acceptors (Lipinski definition) is 5. The highest BCUT2D eigenvalue weighted by Gasteiger charge is 2.15. The van der Waals surface area contributed by atoms with Gasteiger partial charge in [0.25, 0.3) is 0 Å². The fourth-order valence-corrected chi connectivity index (χ4v) is 3.35. The molecule has 0 aliphatic rings. The van der Waals surface area contributed by atoms with Crippen LogP contribution in [-0.4, -0.2) is 26.1 Å². The number of hydrogen-bond donors (Lipinski definition) is 1. The van der Waals surface area contributed by atoms with Crippen LogP contribution in [0.2, 0.25) is 0 Å². The highest BCUT2D eigenvalue weighted by molar-refractivity contribution is 5.91. The Hall–Kier alpha value is -3.67. The smallest absolute Gasteiger partial charge is 0.343 e. The van der Waals surface area contributed by atoms with Gasteiger partial charge in [0.1, 0.15) is 28.2 Å². The minimum atomic E-state index is -0.431. The van der Waals surface area contributed by atoms with Crippen LogP contribution in [0.5, 0.6) is 11.5 Å². The van der Waals surface area contributed by atoms with E-state index in [0.29, 0.717) is 28.0 Å². The molecule has 0 bridgehead atoms. The molecule has 4 rings (SSSR count). The van der Waals surface area contributed by atoms with E-state index >= 15 is 0 Å². The summed E-state index contributed by atoms with van der Waals surface area (Å²) >= 11 is 0. The lowest BCUT2D eigenvalue weighted by Gasteiger charge is -2.10. The van der Waals surface area contributed by atoms with Crippen LogP contribution in [0, 0.1) is 6.92 Å². The van der Waals surface area contributed by atoms with Gasteiger partial charge in [-0.3, -0.25) is 0 Å². The van der Waals surface area contributed by atoms with Crippen molar-refractivity contribution in [1.29, 1.82) is 0 Å². The van der Waals surface area contributed by atoms with Gasteiger partial charge in [0.15, 0.2) is 0 Å². The van der Waals surface area contributed by atoms with E-state index in [2.05, 4.69) is 17.1 Å². The number of phenolic OH excluding ortho intramolecular Hbond substituents is 1. The highest BCUT2D eigenvalue weighted by Crippen LogP contribution is 2.29. The monoisotopic (exact) mass is 401 g/mol. The summed E-state index contributed by atoms with van der Waals surface area (Å²) < 4.78 is 5.46. The standard InChI is InChI=1S/C24H23N3O3/c1-3-4-8-18-13-16(2)14-22(23(18)28)27-25-20-12-11-19(15-21(20)26-27)30-24(29)17-9-6-5-7-10-17/h5-7,9-15,28H,3-4,8H2,1-2H3. The summed E-state index contributed by atoms with van der Waals surface area (Å²) in [5.41, 5.74) is 4.17. The summed E-state index contributed by atoms with van der Waals surface area (Å²) in [6, 6.07) is 17.8. The molecule has 6 heteroatoms.